The Morgan fingerprint density at radius 2 is 1.72 bits per heavy atom. The monoisotopic (exact) mass is 434 g/mol. The smallest absolute Gasteiger partial charge is 0.407 e. The fourth-order valence-electron chi connectivity index (χ4n) is 4.14. The van der Waals surface area contributed by atoms with E-state index in [0.29, 0.717) is 13.0 Å². The lowest BCUT2D eigenvalue weighted by Gasteiger charge is -2.20. The summed E-state index contributed by atoms with van der Waals surface area (Å²) in [7, 11) is 0. The van der Waals surface area contributed by atoms with Crippen LogP contribution in [0.4, 0.5) is 4.79 Å². The highest BCUT2D eigenvalue weighted by molar-refractivity contribution is 5.87. The molecule has 0 radical (unpaired) electrons. The van der Waals surface area contributed by atoms with Crippen molar-refractivity contribution in [1.29, 1.82) is 0 Å². The van der Waals surface area contributed by atoms with Gasteiger partial charge in [-0.25, -0.2) is 9.59 Å². The van der Waals surface area contributed by atoms with Crippen molar-refractivity contribution in [2.24, 2.45) is 0 Å². The van der Waals surface area contributed by atoms with E-state index in [4.69, 9.17) is 14.6 Å². The Balaban J connectivity index is 1.34. The van der Waals surface area contributed by atoms with Crippen LogP contribution in [0.1, 0.15) is 23.5 Å². The van der Waals surface area contributed by atoms with E-state index in [2.05, 4.69) is 28.7 Å². The summed E-state index contributed by atoms with van der Waals surface area (Å²) in [6, 6.07) is 15.6. The van der Waals surface area contributed by atoms with Crippen LogP contribution in [-0.2, 0) is 19.1 Å². The van der Waals surface area contributed by atoms with Crippen molar-refractivity contribution in [2.45, 2.75) is 24.5 Å². The molecule has 2 atom stereocenters. The Labute approximate surface area is 184 Å². The molecule has 8 nitrogen and oxygen atoms in total. The third kappa shape index (κ3) is 4.58. The van der Waals surface area contributed by atoms with Crippen LogP contribution in [0.5, 0.6) is 0 Å². The predicted octanol–water partition coefficient (Wildman–Crippen LogP) is 1.89. The first-order chi connectivity index (χ1) is 15.5. The molecule has 1 saturated heterocycles. The van der Waals surface area contributed by atoms with E-state index >= 15 is 0 Å². The topological polar surface area (TPSA) is 114 Å². The summed E-state index contributed by atoms with van der Waals surface area (Å²) in [5.41, 5.74) is 4.52. The minimum Gasteiger partial charge on any atom is -0.472 e. The molecule has 0 spiro atoms. The van der Waals surface area contributed by atoms with Crippen molar-refractivity contribution in [3.63, 3.8) is 0 Å². The SMILES string of the molecule is O=C(O)C#CCNC(=O)[C@@H]1OCC[C@@H]1NC(=O)OCC1c2ccccc2-c2ccccc21. The van der Waals surface area contributed by atoms with Crippen molar-refractivity contribution in [3.05, 3.63) is 59.7 Å². The first-order valence-corrected chi connectivity index (χ1v) is 10.3. The Bertz CT molecular complexity index is 1060. The molecule has 0 saturated carbocycles. The summed E-state index contributed by atoms with van der Waals surface area (Å²) in [6.45, 7) is 0.366. The molecule has 3 N–H and O–H groups in total. The van der Waals surface area contributed by atoms with Crippen molar-refractivity contribution < 1.29 is 29.0 Å². The Hall–Kier alpha value is -3.83. The highest BCUT2D eigenvalue weighted by Crippen LogP contribution is 2.44. The van der Waals surface area contributed by atoms with Crippen LogP contribution in [0, 0.1) is 11.8 Å². The molecule has 8 heteroatoms. The summed E-state index contributed by atoms with van der Waals surface area (Å²) in [6.07, 6.45) is -1.05. The van der Waals surface area contributed by atoms with E-state index in [1.54, 1.807) is 0 Å². The molecule has 2 aromatic rings. The highest BCUT2D eigenvalue weighted by Gasteiger charge is 2.36. The molecule has 1 aliphatic carbocycles. The minimum atomic E-state index is -1.27. The fraction of sp³-hybridized carbons (Fsp3) is 0.292. The molecule has 1 aliphatic heterocycles. The van der Waals surface area contributed by atoms with Crippen molar-refractivity contribution >= 4 is 18.0 Å². The number of carbonyl (C=O) groups is 3. The van der Waals surface area contributed by atoms with E-state index in [1.807, 2.05) is 42.3 Å². The van der Waals surface area contributed by atoms with Crippen molar-refractivity contribution in [3.8, 4) is 23.0 Å². The van der Waals surface area contributed by atoms with Gasteiger partial charge in [-0.3, -0.25) is 4.79 Å². The summed E-state index contributed by atoms with van der Waals surface area (Å²) in [5, 5.41) is 13.7. The molecule has 2 amide bonds. The number of hydrogen-bond donors (Lipinski definition) is 3. The molecule has 4 rings (SSSR count). The van der Waals surface area contributed by atoms with Crippen LogP contribution in [0.25, 0.3) is 11.1 Å². The zero-order valence-corrected chi connectivity index (χ0v) is 17.2. The molecule has 0 bridgehead atoms. The van der Waals surface area contributed by atoms with Crippen LogP contribution < -0.4 is 10.6 Å². The third-order valence-corrected chi connectivity index (χ3v) is 5.54. The lowest BCUT2D eigenvalue weighted by molar-refractivity contribution is -0.131. The Morgan fingerprint density at radius 3 is 2.38 bits per heavy atom. The number of nitrogens with one attached hydrogen (secondary N) is 2. The maximum Gasteiger partial charge on any atom is 0.407 e. The summed E-state index contributed by atoms with van der Waals surface area (Å²) in [5.74, 6) is 2.43. The van der Waals surface area contributed by atoms with Gasteiger partial charge < -0.3 is 25.2 Å². The van der Waals surface area contributed by atoms with Crippen molar-refractivity contribution in [1.82, 2.24) is 10.6 Å². The van der Waals surface area contributed by atoms with E-state index in [0.717, 1.165) is 22.3 Å². The van der Waals surface area contributed by atoms with E-state index in [-0.39, 0.29) is 19.1 Å². The van der Waals surface area contributed by atoms with Gasteiger partial charge in [-0.05, 0) is 28.7 Å². The van der Waals surface area contributed by atoms with Gasteiger partial charge in [0.05, 0.1) is 12.6 Å². The number of carboxylic acids is 1. The number of rotatable bonds is 5. The lowest BCUT2D eigenvalue weighted by atomic mass is 9.98. The van der Waals surface area contributed by atoms with E-state index in [1.165, 1.54) is 0 Å². The molecule has 0 aromatic heterocycles. The van der Waals surface area contributed by atoms with Gasteiger partial charge in [0.1, 0.15) is 6.61 Å². The van der Waals surface area contributed by atoms with Crippen LogP contribution in [0.2, 0.25) is 0 Å². The maximum atomic E-state index is 12.5. The number of carboxylic acid groups (broad SMARTS) is 1. The van der Waals surface area contributed by atoms with Crippen LogP contribution in [0.3, 0.4) is 0 Å². The van der Waals surface area contributed by atoms with Gasteiger partial charge in [-0.2, -0.15) is 0 Å². The Kier molecular flexibility index (Phi) is 6.38. The first kappa shape index (κ1) is 21.4. The summed E-state index contributed by atoms with van der Waals surface area (Å²) in [4.78, 5) is 35.1. The first-order valence-electron chi connectivity index (χ1n) is 10.3. The number of ether oxygens (including phenoxy) is 2. The molecule has 0 unspecified atom stereocenters. The molecular formula is C24H22N2O6. The average Bonchev–Trinajstić information content (AvgIpc) is 3.37. The van der Waals surface area contributed by atoms with E-state index < -0.39 is 30.1 Å². The van der Waals surface area contributed by atoms with Gasteiger partial charge in [0.15, 0.2) is 6.10 Å². The van der Waals surface area contributed by atoms with E-state index in [9.17, 15) is 14.4 Å². The summed E-state index contributed by atoms with van der Waals surface area (Å²) < 4.78 is 11.0. The number of benzene rings is 2. The van der Waals surface area contributed by atoms with Gasteiger partial charge >= 0.3 is 12.1 Å². The number of fused-ring (bicyclic) bond motifs is 3. The second-order valence-corrected chi connectivity index (χ2v) is 7.48. The highest BCUT2D eigenvalue weighted by atomic mass is 16.6. The quantitative estimate of drug-likeness (QED) is 0.620. The largest absolute Gasteiger partial charge is 0.472 e. The van der Waals surface area contributed by atoms with Crippen molar-refractivity contribution in [2.75, 3.05) is 19.8 Å². The minimum absolute atomic E-state index is 0.0557. The second-order valence-electron chi connectivity index (χ2n) is 7.48. The molecule has 1 heterocycles. The average molecular weight is 434 g/mol. The molecule has 2 aliphatic rings. The molecule has 32 heavy (non-hydrogen) atoms. The zero-order valence-electron chi connectivity index (χ0n) is 17.2. The molecule has 164 valence electrons. The molecule has 2 aromatic carbocycles. The van der Waals surface area contributed by atoms with Gasteiger partial charge in [-0.1, -0.05) is 54.5 Å². The summed E-state index contributed by atoms with van der Waals surface area (Å²) >= 11 is 0. The zero-order chi connectivity index (χ0) is 22.5. The van der Waals surface area contributed by atoms with Crippen LogP contribution in [0.15, 0.2) is 48.5 Å². The second kappa shape index (κ2) is 9.54. The van der Waals surface area contributed by atoms with Gasteiger partial charge in [0.25, 0.3) is 5.91 Å². The number of hydrogen-bond acceptors (Lipinski definition) is 5. The normalized spacial score (nSPS) is 18.6. The number of alkyl carbamates (subject to hydrolysis) is 1. The van der Waals surface area contributed by atoms with Gasteiger partial charge in [0.2, 0.25) is 0 Å². The molecule has 1 fully saturated rings. The lowest BCUT2D eigenvalue weighted by Crippen LogP contribution is -2.48. The van der Waals surface area contributed by atoms with Gasteiger partial charge in [0, 0.05) is 18.4 Å². The third-order valence-electron chi connectivity index (χ3n) is 5.54. The predicted molar refractivity (Wildman–Crippen MR) is 115 cm³/mol. The van der Waals surface area contributed by atoms with Gasteiger partial charge in [-0.15, -0.1) is 0 Å². The maximum absolute atomic E-state index is 12.5. The standard InChI is InChI=1S/C24H22N2O6/c27-21(28)10-5-12-25-23(29)22-20(11-13-31-22)26-24(30)32-14-19-17-8-3-1-6-15(17)16-7-2-4-9-18(16)19/h1-4,6-9,19-20,22H,11-14H2,(H,25,29)(H,26,30)(H,27,28)/t20-,22+/m0/s1. The number of carbonyl (C=O) groups excluding carboxylic acids is 2. The molecular weight excluding hydrogens is 412 g/mol. The number of aliphatic carboxylic acids is 1. The fourth-order valence-corrected chi connectivity index (χ4v) is 4.14. The number of amides is 2. The van der Waals surface area contributed by atoms with Crippen LogP contribution in [-0.4, -0.2) is 55.0 Å². The van der Waals surface area contributed by atoms with Crippen LogP contribution >= 0.6 is 0 Å². The Morgan fingerprint density at radius 1 is 1.06 bits per heavy atom.